The van der Waals surface area contributed by atoms with Crippen molar-refractivity contribution in [2.75, 3.05) is 26.0 Å². The molecule has 2 aromatic carbocycles. The van der Waals surface area contributed by atoms with Gasteiger partial charge in [-0.15, -0.1) is 24.0 Å². The molecule has 0 saturated carbocycles. The Balaban J connectivity index is 0.00000480. The SMILES string of the molecule is CCNC(=NCc1ccc(S(C)(=O)=O)c(C)c1)NCC(C)COCc1ccccc1.I. The van der Waals surface area contributed by atoms with Crippen molar-refractivity contribution in [3.05, 3.63) is 65.2 Å². The topological polar surface area (TPSA) is 79.8 Å². The van der Waals surface area contributed by atoms with Gasteiger partial charge in [0, 0.05) is 19.3 Å². The van der Waals surface area contributed by atoms with Crippen LogP contribution in [0.15, 0.2) is 58.4 Å². The Morgan fingerprint density at radius 1 is 1.10 bits per heavy atom. The molecular formula is C23H34IN3O3S. The lowest BCUT2D eigenvalue weighted by Gasteiger charge is -2.16. The summed E-state index contributed by atoms with van der Waals surface area (Å²) in [7, 11) is -3.21. The van der Waals surface area contributed by atoms with Gasteiger partial charge in [-0.2, -0.15) is 0 Å². The quantitative estimate of drug-likeness (QED) is 0.262. The van der Waals surface area contributed by atoms with Crippen molar-refractivity contribution in [1.82, 2.24) is 10.6 Å². The van der Waals surface area contributed by atoms with Gasteiger partial charge in [0.15, 0.2) is 15.8 Å². The molecule has 172 valence electrons. The zero-order chi connectivity index (χ0) is 22.0. The van der Waals surface area contributed by atoms with Crippen molar-refractivity contribution in [3.63, 3.8) is 0 Å². The molecule has 0 heterocycles. The molecule has 8 heteroatoms. The van der Waals surface area contributed by atoms with Crippen molar-refractivity contribution in [3.8, 4) is 0 Å². The standard InChI is InChI=1S/C23H33N3O3S.HI/c1-5-24-23(25-14-18(2)16-29-17-20-9-7-6-8-10-20)26-15-21-11-12-22(19(3)13-21)30(4,27)28;/h6-13,18H,5,14-17H2,1-4H3,(H2,24,25,26);1H. The number of aliphatic imine (C=N–C) groups is 1. The maximum atomic E-state index is 11.8. The number of ether oxygens (including phenoxy) is 1. The van der Waals surface area contributed by atoms with E-state index in [1.165, 1.54) is 11.8 Å². The number of nitrogens with zero attached hydrogens (tertiary/aromatic N) is 1. The third-order valence-corrected chi connectivity index (χ3v) is 5.79. The van der Waals surface area contributed by atoms with E-state index in [1.807, 2.05) is 44.2 Å². The first-order valence-electron chi connectivity index (χ1n) is 10.2. The molecule has 2 aromatic rings. The number of nitrogens with one attached hydrogen (secondary N) is 2. The minimum absolute atomic E-state index is 0. The molecule has 0 bridgehead atoms. The van der Waals surface area contributed by atoms with Gasteiger partial charge in [0.2, 0.25) is 0 Å². The number of aryl methyl sites for hydroxylation is 1. The summed E-state index contributed by atoms with van der Waals surface area (Å²) >= 11 is 0. The van der Waals surface area contributed by atoms with Gasteiger partial charge in [0.05, 0.1) is 24.7 Å². The molecule has 6 nitrogen and oxygen atoms in total. The molecule has 1 atom stereocenters. The Labute approximate surface area is 203 Å². The number of hydrogen-bond acceptors (Lipinski definition) is 4. The average Bonchev–Trinajstić information content (AvgIpc) is 2.70. The molecule has 2 N–H and O–H groups in total. The third-order valence-electron chi connectivity index (χ3n) is 4.53. The largest absolute Gasteiger partial charge is 0.376 e. The minimum atomic E-state index is -3.21. The normalized spacial score (nSPS) is 12.7. The molecule has 0 aliphatic carbocycles. The molecule has 0 amide bonds. The van der Waals surface area contributed by atoms with Crippen molar-refractivity contribution in [2.45, 2.75) is 38.8 Å². The van der Waals surface area contributed by atoms with Gasteiger partial charge in [-0.05, 0) is 42.5 Å². The first-order valence-corrected chi connectivity index (χ1v) is 12.1. The van der Waals surface area contributed by atoms with Gasteiger partial charge in [0.1, 0.15) is 0 Å². The lowest BCUT2D eigenvalue weighted by atomic mass is 10.1. The Morgan fingerprint density at radius 2 is 1.81 bits per heavy atom. The summed E-state index contributed by atoms with van der Waals surface area (Å²) in [5, 5.41) is 6.60. The second kappa shape index (κ2) is 13.7. The van der Waals surface area contributed by atoms with E-state index >= 15 is 0 Å². The van der Waals surface area contributed by atoms with Crippen LogP contribution in [0.2, 0.25) is 0 Å². The molecule has 0 aliphatic heterocycles. The highest BCUT2D eigenvalue weighted by molar-refractivity contribution is 14.0. The van der Waals surface area contributed by atoms with Crippen LogP contribution in [-0.4, -0.2) is 40.3 Å². The van der Waals surface area contributed by atoms with E-state index in [0.717, 1.165) is 30.2 Å². The van der Waals surface area contributed by atoms with Crippen LogP contribution in [0.4, 0.5) is 0 Å². The zero-order valence-electron chi connectivity index (χ0n) is 18.7. The summed E-state index contributed by atoms with van der Waals surface area (Å²) in [4.78, 5) is 4.99. The molecule has 0 spiro atoms. The number of benzene rings is 2. The summed E-state index contributed by atoms with van der Waals surface area (Å²) in [6.07, 6.45) is 1.23. The summed E-state index contributed by atoms with van der Waals surface area (Å²) in [5.41, 5.74) is 2.88. The summed E-state index contributed by atoms with van der Waals surface area (Å²) in [6.45, 7) is 9.21. The van der Waals surface area contributed by atoms with Crippen LogP contribution in [-0.2, 0) is 27.7 Å². The van der Waals surface area contributed by atoms with E-state index in [9.17, 15) is 8.42 Å². The zero-order valence-corrected chi connectivity index (χ0v) is 21.9. The van der Waals surface area contributed by atoms with Crippen LogP contribution >= 0.6 is 24.0 Å². The number of hydrogen-bond donors (Lipinski definition) is 2. The molecule has 31 heavy (non-hydrogen) atoms. The summed E-state index contributed by atoms with van der Waals surface area (Å²) in [6, 6.07) is 15.5. The highest BCUT2D eigenvalue weighted by Crippen LogP contribution is 2.17. The lowest BCUT2D eigenvalue weighted by molar-refractivity contribution is 0.0931. The number of halogens is 1. The van der Waals surface area contributed by atoms with Gasteiger partial charge in [-0.25, -0.2) is 13.4 Å². The minimum Gasteiger partial charge on any atom is -0.376 e. The van der Waals surface area contributed by atoms with E-state index in [2.05, 4.69) is 34.7 Å². The highest BCUT2D eigenvalue weighted by atomic mass is 127. The molecule has 0 saturated heterocycles. The molecule has 0 radical (unpaired) electrons. The van der Waals surface area contributed by atoms with E-state index in [0.29, 0.717) is 30.6 Å². The first-order chi connectivity index (χ1) is 14.3. The molecule has 2 rings (SSSR count). The lowest BCUT2D eigenvalue weighted by Crippen LogP contribution is -2.40. The maximum Gasteiger partial charge on any atom is 0.191 e. The average molecular weight is 560 g/mol. The van der Waals surface area contributed by atoms with E-state index in [4.69, 9.17) is 4.74 Å². The molecule has 0 fully saturated rings. The number of guanidine groups is 1. The van der Waals surface area contributed by atoms with Gasteiger partial charge in [-0.1, -0.05) is 49.4 Å². The summed E-state index contributed by atoms with van der Waals surface area (Å²) in [5.74, 6) is 1.06. The third kappa shape index (κ3) is 10.0. The van der Waals surface area contributed by atoms with Crippen LogP contribution in [0.25, 0.3) is 0 Å². The van der Waals surface area contributed by atoms with Crippen LogP contribution in [0.1, 0.15) is 30.5 Å². The van der Waals surface area contributed by atoms with E-state index < -0.39 is 9.84 Å². The van der Waals surface area contributed by atoms with Crippen LogP contribution in [0.3, 0.4) is 0 Å². The fraction of sp³-hybridized carbons (Fsp3) is 0.435. The van der Waals surface area contributed by atoms with Crippen molar-refractivity contribution in [2.24, 2.45) is 10.9 Å². The fourth-order valence-electron chi connectivity index (χ4n) is 3.02. The van der Waals surface area contributed by atoms with Crippen molar-refractivity contribution in [1.29, 1.82) is 0 Å². The predicted octanol–water partition coefficient (Wildman–Crippen LogP) is 3.92. The van der Waals surface area contributed by atoms with Crippen LogP contribution in [0, 0.1) is 12.8 Å². The maximum absolute atomic E-state index is 11.8. The second-order valence-electron chi connectivity index (χ2n) is 7.55. The monoisotopic (exact) mass is 559 g/mol. The summed E-state index contributed by atoms with van der Waals surface area (Å²) < 4.78 is 29.3. The van der Waals surface area contributed by atoms with Gasteiger partial charge >= 0.3 is 0 Å². The van der Waals surface area contributed by atoms with Crippen LogP contribution in [0.5, 0.6) is 0 Å². The number of sulfone groups is 1. The van der Waals surface area contributed by atoms with E-state index in [-0.39, 0.29) is 24.0 Å². The van der Waals surface area contributed by atoms with Gasteiger partial charge < -0.3 is 15.4 Å². The Hall–Kier alpha value is -1.65. The van der Waals surface area contributed by atoms with Crippen molar-refractivity contribution < 1.29 is 13.2 Å². The highest BCUT2D eigenvalue weighted by Gasteiger charge is 2.11. The smallest absolute Gasteiger partial charge is 0.191 e. The Kier molecular flexibility index (Phi) is 12.1. The second-order valence-corrected chi connectivity index (χ2v) is 9.54. The fourth-order valence-corrected chi connectivity index (χ4v) is 3.98. The van der Waals surface area contributed by atoms with Gasteiger partial charge in [-0.3, -0.25) is 0 Å². The molecule has 1 unspecified atom stereocenters. The number of rotatable bonds is 10. The Bertz CT molecular complexity index is 934. The Morgan fingerprint density at radius 3 is 2.42 bits per heavy atom. The molecular weight excluding hydrogens is 525 g/mol. The van der Waals surface area contributed by atoms with E-state index in [1.54, 1.807) is 6.07 Å². The first kappa shape index (κ1) is 27.4. The molecule has 0 aromatic heterocycles. The molecule has 0 aliphatic rings. The predicted molar refractivity (Wildman–Crippen MR) is 138 cm³/mol. The van der Waals surface area contributed by atoms with Gasteiger partial charge in [0.25, 0.3) is 0 Å². The van der Waals surface area contributed by atoms with Crippen LogP contribution < -0.4 is 10.6 Å². The van der Waals surface area contributed by atoms with Crippen molar-refractivity contribution >= 4 is 39.8 Å².